The number of para-hydroxylation sites is 2. The molecule has 42 heavy (non-hydrogen) atoms. The van der Waals surface area contributed by atoms with Crippen molar-refractivity contribution in [3.05, 3.63) is 127 Å². The van der Waals surface area contributed by atoms with Crippen molar-refractivity contribution >= 4 is 33.2 Å². The highest BCUT2D eigenvalue weighted by molar-refractivity contribution is 6.09. The Bertz CT molecular complexity index is 2020. The van der Waals surface area contributed by atoms with E-state index in [9.17, 15) is 0 Å². The van der Waals surface area contributed by atoms with E-state index in [1.807, 2.05) is 67.0 Å². The van der Waals surface area contributed by atoms with Crippen LogP contribution in [0.2, 0.25) is 0 Å². The number of nitrogens with zero attached hydrogens (tertiary/aromatic N) is 3. The van der Waals surface area contributed by atoms with Crippen molar-refractivity contribution in [3.63, 3.8) is 0 Å². The van der Waals surface area contributed by atoms with E-state index in [0.29, 0.717) is 0 Å². The number of H-pyrrole nitrogens is 1. The first-order valence-electron chi connectivity index (χ1n) is 14.1. The summed E-state index contributed by atoms with van der Waals surface area (Å²) in [5, 5.41) is 5.84. The molecular weight excluding hydrogens is 518 g/mol. The van der Waals surface area contributed by atoms with Crippen LogP contribution in [0, 0.1) is 0 Å². The van der Waals surface area contributed by atoms with Crippen LogP contribution >= 0.6 is 0 Å². The Labute approximate surface area is 244 Å². The fraction of sp³-hybridized carbons (Fsp3) is 0.111. The number of rotatable bonds is 6. The molecule has 3 aromatic heterocycles. The standard InChI is InChI=1S/C36H31N5O/c1-36(2,3)24-17-18-37-34(21-24)41-32-12-8-7-11-28(32)29-15-13-27(23-33(29)41)42-26-14-16-31(40-25-9-5-4-6-10-25)30(22-26)35-38-19-20-39-35/h4-23,40H,1-3H3,(H,38,39). The monoisotopic (exact) mass is 549 g/mol. The number of anilines is 2. The first-order valence-corrected chi connectivity index (χ1v) is 14.1. The smallest absolute Gasteiger partial charge is 0.139 e. The zero-order valence-electron chi connectivity index (χ0n) is 23.8. The van der Waals surface area contributed by atoms with Gasteiger partial charge in [-0.3, -0.25) is 4.57 Å². The van der Waals surface area contributed by atoms with Gasteiger partial charge < -0.3 is 15.0 Å². The predicted octanol–water partition coefficient (Wildman–Crippen LogP) is 9.40. The van der Waals surface area contributed by atoms with E-state index >= 15 is 0 Å². The molecule has 2 N–H and O–H groups in total. The number of nitrogens with one attached hydrogen (secondary N) is 2. The molecule has 0 fully saturated rings. The summed E-state index contributed by atoms with van der Waals surface area (Å²) < 4.78 is 8.72. The number of aromatic amines is 1. The number of hydrogen-bond donors (Lipinski definition) is 2. The molecule has 0 atom stereocenters. The van der Waals surface area contributed by atoms with Gasteiger partial charge >= 0.3 is 0 Å². The van der Waals surface area contributed by atoms with Crippen molar-refractivity contribution in [2.45, 2.75) is 26.2 Å². The van der Waals surface area contributed by atoms with Gasteiger partial charge in [-0.1, -0.05) is 57.2 Å². The van der Waals surface area contributed by atoms with Gasteiger partial charge in [-0.15, -0.1) is 0 Å². The molecule has 0 saturated heterocycles. The second-order valence-corrected chi connectivity index (χ2v) is 11.4. The predicted molar refractivity (Wildman–Crippen MR) is 171 cm³/mol. The Morgan fingerprint density at radius 3 is 2.29 bits per heavy atom. The highest BCUT2D eigenvalue weighted by atomic mass is 16.5. The highest BCUT2D eigenvalue weighted by Crippen LogP contribution is 2.37. The van der Waals surface area contributed by atoms with Gasteiger partial charge in [0.1, 0.15) is 23.1 Å². The van der Waals surface area contributed by atoms with Crippen LogP contribution < -0.4 is 10.1 Å². The Kier molecular flexibility index (Phi) is 6.24. The number of imidazole rings is 1. The molecule has 0 bridgehead atoms. The molecule has 0 amide bonds. The van der Waals surface area contributed by atoms with Gasteiger partial charge in [-0.25, -0.2) is 9.97 Å². The highest BCUT2D eigenvalue weighted by Gasteiger charge is 2.18. The first kappa shape index (κ1) is 25.6. The summed E-state index contributed by atoms with van der Waals surface area (Å²) in [5.41, 5.74) is 6.25. The number of hydrogen-bond acceptors (Lipinski definition) is 4. The topological polar surface area (TPSA) is 67.8 Å². The third kappa shape index (κ3) is 4.77. The van der Waals surface area contributed by atoms with Crippen molar-refractivity contribution in [1.82, 2.24) is 19.5 Å². The number of ether oxygens (including phenoxy) is 1. The maximum Gasteiger partial charge on any atom is 0.139 e. The van der Waals surface area contributed by atoms with Crippen molar-refractivity contribution in [1.29, 1.82) is 0 Å². The maximum absolute atomic E-state index is 6.49. The summed E-state index contributed by atoms with van der Waals surface area (Å²) in [6.07, 6.45) is 5.48. The first-order chi connectivity index (χ1) is 20.4. The minimum atomic E-state index is 0.0119. The second-order valence-electron chi connectivity index (χ2n) is 11.4. The number of aromatic nitrogens is 4. The summed E-state index contributed by atoms with van der Waals surface area (Å²) in [6, 6.07) is 35.1. The van der Waals surface area contributed by atoms with Crippen LogP contribution in [0.5, 0.6) is 11.5 Å². The third-order valence-electron chi connectivity index (χ3n) is 7.52. The van der Waals surface area contributed by atoms with E-state index in [0.717, 1.165) is 56.5 Å². The summed E-state index contributed by atoms with van der Waals surface area (Å²) in [7, 11) is 0. The molecular formula is C36H31N5O. The van der Waals surface area contributed by atoms with Crippen LogP contribution in [0.1, 0.15) is 26.3 Å². The fourth-order valence-corrected chi connectivity index (χ4v) is 5.39. The van der Waals surface area contributed by atoms with Crippen molar-refractivity contribution in [2.24, 2.45) is 0 Å². The van der Waals surface area contributed by atoms with Gasteiger partial charge in [0, 0.05) is 52.4 Å². The third-order valence-corrected chi connectivity index (χ3v) is 7.52. The molecule has 0 unspecified atom stereocenters. The molecule has 0 aliphatic carbocycles. The van der Waals surface area contributed by atoms with E-state index < -0.39 is 0 Å². The van der Waals surface area contributed by atoms with E-state index in [4.69, 9.17) is 9.72 Å². The minimum absolute atomic E-state index is 0.0119. The maximum atomic E-state index is 6.49. The van der Waals surface area contributed by atoms with Gasteiger partial charge in [0.25, 0.3) is 0 Å². The Hall–Kier alpha value is -5.36. The molecule has 3 heterocycles. The SMILES string of the molecule is CC(C)(C)c1ccnc(-n2c3ccccc3c3ccc(Oc4ccc(Nc5ccccc5)c(-c5ncc[nH]5)c4)cc32)c1. The molecule has 0 aliphatic rings. The van der Waals surface area contributed by atoms with E-state index in [-0.39, 0.29) is 5.41 Å². The lowest BCUT2D eigenvalue weighted by atomic mass is 9.88. The molecule has 0 saturated carbocycles. The number of fused-ring (bicyclic) bond motifs is 3. The van der Waals surface area contributed by atoms with Crippen LogP contribution in [-0.2, 0) is 5.41 Å². The van der Waals surface area contributed by atoms with Crippen LogP contribution in [0.15, 0.2) is 122 Å². The summed E-state index contributed by atoms with van der Waals surface area (Å²) in [4.78, 5) is 12.5. The molecule has 6 heteroatoms. The molecule has 4 aromatic carbocycles. The normalized spacial score (nSPS) is 11.7. The Morgan fingerprint density at radius 2 is 1.48 bits per heavy atom. The molecule has 6 nitrogen and oxygen atoms in total. The molecule has 0 radical (unpaired) electrons. The van der Waals surface area contributed by atoms with Gasteiger partial charge in [0.2, 0.25) is 0 Å². The van der Waals surface area contributed by atoms with E-state index in [1.54, 1.807) is 6.20 Å². The van der Waals surface area contributed by atoms with Gasteiger partial charge in [-0.2, -0.15) is 0 Å². The lowest BCUT2D eigenvalue weighted by Crippen LogP contribution is -2.12. The Morgan fingerprint density at radius 1 is 0.714 bits per heavy atom. The fourth-order valence-electron chi connectivity index (χ4n) is 5.39. The zero-order chi connectivity index (χ0) is 28.7. The van der Waals surface area contributed by atoms with Crippen molar-refractivity contribution in [3.8, 4) is 28.7 Å². The van der Waals surface area contributed by atoms with Crippen LogP contribution in [0.4, 0.5) is 11.4 Å². The van der Waals surface area contributed by atoms with Gasteiger partial charge in [0.05, 0.1) is 11.0 Å². The zero-order valence-corrected chi connectivity index (χ0v) is 23.8. The van der Waals surface area contributed by atoms with Crippen LogP contribution in [0.25, 0.3) is 39.0 Å². The van der Waals surface area contributed by atoms with Crippen LogP contribution in [0.3, 0.4) is 0 Å². The van der Waals surface area contributed by atoms with Gasteiger partial charge in [-0.05, 0) is 71.6 Å². The summed E-state index contributed by atoms with van der Waals surface area (Å²) >= 11 is 0. The average Bonchev–Trinajstić information content (AvgIpc) is 3.65. The number of benzene rings is 4. The lowest BCUT2D eigenvalue weighted by molar-refractivity contribution is 0.483. The van der Waals surface area contributed by atoms with Crippen LogP contribution in [-0.4, -0.2) is 19.5 Å². The van der Waals surface area contributed by atoms with Crippen molar-refractivity contribution in [2.75, 3.05) is 5.32 Å². The molecule has 7 rings (SSSR count). The molecule has 206 valence electrons. The second kappa shape index (κ2) is 10.2. The molecule has 0 aliphatic heterocycles. The summed E-state index contributed by atoms with van der Waals surface area (Å²) in [6.45, 7) is 6.67. The largest absolute Gasteiger partial charge is 0.457 e. The quantitative estimate of drug-likeness (QED) is 0.217. The Balaban J connectivity index is 1.31. The minimum Gasteiger partial charge on any atom is -0.457 e. The van der Waals surface area contributed by atoms with E-state index in [1.165, 1.54) is 10.9 Å². The lowest BCUT2D eigenvalue weighted by Gasteiger charge is -2.20. The molecule has 7 aromatic rings. The van der Waals surface area contributed by atoms with Crippen molar-refractivity contribution < 1.29 is 4.74 Å². The average molecular weight is 550 g/mol. The van der Waals surface area contributed by atoms with Gasteiger partial charge in [0.15, 0.2) is 0 Å². The molecule has 0 spiro atoms. The summed E-state index contributed by atoms with van der Waals surface area (Å²) in [5.74, 6) is 3.11. The number of pyridine rings is 1. The van der Waals surface area contributed by atoms with E-state index in [2.05, 4.69) is 89.2 Å².